The van der Waals surface area contributed by atoms with Crippen LogP contribution in [-0.2, 0) is 0 Å². The number of rotatable bonds is 6. The minimum absolute atomic E-state index is 0. The Balaban J connectivity index is 0.00000169. The predicted octanol–water partition coefficient (Wildman–Crippen LogP) is 4.20. The number of aromatic nitrogens is 1. The maximum Gasteiger partial charge on any atom is 0.252 e. The summed E-state index contributed by atoms with van der Waals surface area (Å²) in [6.07, 6.45) is 3.01. The number of pyridine rings is 1. The quantitative estimate of drug-likeness (QED) is 0.761. The van der Waals surface area contributed by atoms with Crippen LogP contribution in [0, 0.1) is 11.7 Å². The van der Waals surface area contributed by atoms with E-state index in [0.29, 0.717) is 34.8 Å². The highest BCUT2D eigenvalue weighted by Crippen LogP contribution is 2.40. The van der Waals surface area contributed by atoms with Crippen molar-refractivity contribution in [3.05, 3.63) is 41.3 Å². The van der Waals surface area contributed by atoms with Crippen LogP contribution in [-0.4, -0.2) is 23.5 Å². The van der Waals surface area contributed by atoms with E-state index in [2.05, 4.69) is 24.1 Å². The van der Waals surface area contributed by atoms with E-state index >= 15 is 0 Å². The zero-order valence-electron chi connectivity index (χ0n) is 15.0. The molecule has 1 saturated carbocycles. The number of nitrogens with zero attached hydrogens (tertiary/aromatic N) is 1. The lowest BCUT2D eigenvalue weighted by Gasteiger charge is -2.19. The average Bonchev–Trinajstić information content (AvgIpc) is 3.37. The Morgan fingerprint density at radius 2 is 2.00 bits per heavy atom. The lowest BCUT2D eigenvalue weighted by molar-refractivity contribution is 0.0935. The van der Waals surface area contributed by atoms with Crippen LogP contribution < -0.4 is 11.1 Å². The van der Waals surface area contributed by atoms with Crippen LogP contribution in [0.5, 0.6) is 0 Å². The number of carbonyl (C=O) groups excluding carboxylic acids is 1. The second-order valence-corrected chi connectivity index (χ2v) is 7.07. The summed E-state index contributed by atoms with van der Waals surface area (Å²) in [5, 5.41) is 3.55. The van der Waals surface area contributed by atoms with Crippen LogP contribution in [0.3, 0.4) is 0 Å². The molecule has 0 saturated heterocycles. The van der Waals surface area contributed by atoms with Gasteiger partial charge >= 0.3 is 0 Å². The molecule has 3 rings (SSSR count). The van der Waals surface area contributed by atoms with Crippen molar-refractivity contribution in [1.82, 2.24) is 10.3 Å². The highest BCUT2D eigenvalue weighted by atomic mass is 35.5. The smallest absolute Gasteiger partial charge is 0.252 e. The van der Waals surface area contributed by atoms with Gasteiger partial charge in [-0.15, -0.1) is 24.8 Å². The second-order valence-electron chi connectivity index (χ2n) is 7.07. The number of nitrogens with one attached hydrogen (secondary N) is 1. The lowest BCUT2D eigenvalue weighted by Crippen LogP contribution is -2.41. The van der Waals surface area contributed by atoms with Crippen molar-refractivity contribution in [2.24, 2.45) is 11.7 Å². The van der Waals surface area contributed by atoms with E-state index in [4.69, 9.17) is 5.73 Å². The van der Waals surface area contributed by atoms with E-state index in [0.717, 1.165) is 25.0 Å². The molecule has 1 aromatic heterocycles. The molecule has 1 fully saturated rings. The monoisotopic (exact) mass is 401 g/mol. The first-order valence-corrected chi connectivity index (χ1v) is 8.59. The maximum atomic E-state index is 13.7. The predicted molar refractivity (Wildman–Crippen MR) is 108 cm³/mol. The minimum atomic E-state index is -0.366. The first-order chi connectivity index (χ1) is 11.5. The Kier molecular flexibility index (Phi) is 8.25. The summed E-state index contributed by atoms with van der Waals surface area (Å²) in [6, 6.07) is 6.14. The zero-order chi connectivity index (χ0) is 17.3. The van der Waals surface area contributed by atoms with Gasteiger partial charge in [0.1, 0.15) is 5.82 Å². The van der Waals surface area contributed by atoms with Crippen molar-refractivity contribution in [3.8, 4) is 0 Å². The van der Waals surface area contributed by atoms with Gasteiger partial charge in [-0.2, -0.15) is 0 Å². The average molecular weight is 402 g/mol. The van der Waals surface area contributed by atoms with Crippen LogP contribution >= 0.6 is 24.8 Å². The van der Waals surface area contributed by atoms with Crippen LogP contribution in [0.25, 0.3) is 10.9 Å². The van der Waals surface area contributed by atoms with Gasteiger partial charge in [0.25, 0.3) is 5.91 Å². The second kappa shape index (κ2) is 9.49. The van der Waals surface area contributed by atoms with Crippen molar-refractivity contribution >= 4 is 41.6 Å². The number of benzene rings is 1. The number of hydrogen-bond acceptors (Lipinski definition) is 3. The van der Waals surface area contributed by atoms with Crippen molar-refractivity contribution in [3.63, 3.8) is 0 Å². The van der Waals surface area contributed by atoms with Crippen LogP contribution in [0.2, 0.25) is 0 Å². The number of fused-ring (bicyclic) bond motifs is 1. The summed E-state index contributed by atoms with van der Waals surface area (Å²) in [5.74, 6) is 0.292. The van der Waals surface area contributed by atoms with Gasteiger partial charge in [-0.25, -0.2) is 4.39 Å². The highest BCUT2D eigenvalue weighted by molar-refractivity contribution is 6.06. The van der Waals surface area contributed by atoms with Crippen molar-refractivity contribution < 1.29 is 9.18 Å². The molecule has 1 aromatic carbocycles. The summed E-state index contributed by atoms with van der Waals surface area (Å²) in [4.78, 5) is 17.4. The number of amides is 1. The first kappa shape index (κ1) is 22.6. The third kappa shape index (κ3) is 5.29. The molecule has 0 radical (unpaired) electrons. The molecule has 1 atom stereocenters. The molecule has 26 heavy (non-hydrogen) atoms. The molecule has 1 aliphatic carbocycles. The fraction of sp³-hybridized carbons (Fsp3) is 0.474. The molecular weight excluding hydrogens is 376 g/mol. The van der Waals surface area contributed by atoms with Crippen molar-refractivity contribution in [2.45, 2.75) is 45.1 Å². The van der Waals surface area contributed by atoms with Gasteiger partial charge in [0.2, 0.25) is 0 Å². The summed E-state index contributed by atoms with van der Waals surface area (Å²) in [5.41, 5.74) is 7.86. The van der Waals surface area contributed by atoms with Gasteiger partial charge in [-0.3, -0.25) is 9.78 Å². The molecule has 3 N–H and O–H groups in total. The molecule has 2 aromatic rings. The minimum Gasteiger partial charge on any atom is -0.348 e. The molecule has 4 nitrogen and oxygen atoms in total. The van der Waals surface area contributed by atoms with Crippen LogP contribution in [0.1, 0.15) is 55.1 Å². The van der Waals surface area contributed by atoms with Gasteiger partial charge in [-0.1, -0.05) is 13.8 Å². The third-order valence-electron chi connectivity index (χ3n) is 4.41. The fourth-order valence-corrected chi connectivity index (χ4v) is 3.04. The Hall–Kier alpha value is -1.43. The topological polar surface area (TPSA) is 68.0 Å². The molecule has 1 amide bonds. The van der Waals surface area contributed by atoms with E-state index in [1.807, 2.05) is 6.07 Å². The van der Waals surface area contributed by atoms with Gasteiger partial charge in [0.15, 0.2) is 0 Å². The van der Waals surface area contributed by atoms with E-state index in [9.17, 15) is 9.18 Å². The summed E-state index contributed by atoms with van der Waals surface area (Å²) < 4.78 is 13.7. The van der Waals surface area contributed by atoms with E-state index in [-0.39, 0.29) is 42.6 Å². The highest BCUT2D eigenvalue weighted by Gasteiger charge is 2.27. The number of carbonyl (C=O) groups is 1. The molecule has 0 aliphatic heterocycles. The van der Waals surface area contributed by atoms with E-state index in [1.165, 1.54) is 12.1 Å². The van der Waals surface area contributed by atoms with E-state index in [1.54, 1.807) is 6.07 Å². The van der Waals surface area contributed by atoms with E-state index < -0.39 is 0 Å². The number of hydrogen-bond donors (Lipinski definition) is 2. The van der Waals surface area contributed by atoms with Gasteiger partial charge in [-0.05, 0) is 49.4 Å². The van der Waals surface area contributed by atoms with Crippen molar-refractivity contribution in [2.75, 3.05) is 6.54 Å². The number of nitrogens with two attached hydrogens (primary N) is 1. The van der Waals surface area contributed by atoms with Gasteiger partial charge in [0.05, 0.1) is 11.1 Å². The molecule has 1 unspecified atom stereocenters. The normalized spacial score (nSPS) is 14.5. The molecule has 1 heterocycles. The van der Waals surface area contributed by atoms with Gasteiger partial charge in [0, 0.05) is 29.6 Å². The summed E-state index contributed by atoms with van der Waals surface area (Å²) in [7, 11) is 0. The maximum absolute atomic E-state index is 13.7. The molecule has 0 bridgehead atoms. The Morgan fingerprint density at radius 1 is 1.31 bits per heavy atom. The SMILES string of the molecule is CC(C)CC(CN)NC(=O)c1cc(C2CC2)nc2ccc(F)cc12.Cl.Cl. The van der Waals surface area contributed by atoms with Crippen LogP contribution in [0.4, 0.5) is 4.39 Å². The third-order valence-corrected chi connectivity index (χ3v) is 4.41. The molecule has 1 aliphatic rings. The summed E-state index contributed by atoms with van der Waals surface area (Å²) >= 11 is 0. The standard InChI is InChI=1S/C19H24FN3O.2ClH/c1-11(2)7-14(10-21)22-19(24)16-9-18(12-3-4-12)23-17-6-5-13(20)8-15(16)17;;/h5-6,8-9,11-12,14H,3-4,7,10,21H2,1-2H3,(H,22,24);2*1H. The van der Waals surface area contributed by atoms with Crippen molar-refractivity contribution in [1.29, 1.82) is 0 Å². The zero-order valence-corrected chi connectivity index (χ0v) is 16.6. The largest absolute Gasteiger partial charge is 0.348 e. The Morgan fingerprint density at radius 3 is 2.58 bits per heavy atom. The summed E-state index contributed by atoms with van der Waals surface area (Å²) in [6.45, 7) is 4.57. The molecule has 7 heteroatoms. The van der Waals surface area contributed by atoms with Crippen LogP contribution in [0.15, 0.2) is 24.3 Å². The molecule has 0 spiro atoms. The Labute approximate surface area is 165 Å². The lowest BCUT2D eigenvalue weighted by atomic mass is 10.0. The Bertz CT molecular complexity index is 766. The molecule has 144 valence electrons. The molecular formula is C19H26Cl2FN3O. The first-order valence-electron chi connectivity index (χ1n) is 8.59. The van der Waals surface area contributed by atoms with Gasteiger partial charge < -0.3 is 11.1 Å². The fourth-order valence-electron chi connectivity index (χ4n) is 3.04. The number of halogens is 3.